The summed E-state index contributed by atoms with van der Waals surface area (Å²) in [5.74, 6) is 0.492. The third kappa shape index (κ3) is 3.12. The maximum Gasteiger partial charge on any atom is 0.311 e. The fourth-order valence-corrected chi connectivity index (χ4v) is 2.77. The first-order valence-electron chi connectivity index (χ1n) is 5.33. The van der Waals surface area contributed by atoms with Crippen LogP contribution in [0.15, 0.2) is 24.3 Å². The number of pyridine rings is 1. The van der Waals surface area contributed by atoms with Crippen LogP contribution in [0.4, 0.5) is 17.3 Å². The van der Waals surface area contributed by atoms with E-state index < -0.39 is 4.92 Å². The molecule has 0 aliphatic rings. The largest absolute Gasteiger partial charge is 0.384 e. The second-order valence-corrected chi connectivity index (χ2v) is 5.70. The molecule has 8 heteroatoms. The number of halogens is 1. The van der Waals surface area contributed by atoms with E-state index in [9.17, 15) is 10.1 Å². The molecule has 2 heterocycles. The molecule has 0 fully saturated rings. The van der Waals surface area contributed by atoms with Crippen molar-refractivity contribution >= 4 is 40.3 Å². The molecule has 0 aromatic carbocycles. The molecule has 0 radical (unpaired) electrons. The van der Waals surface area contributed by atoms with E-state index in [0.29, 0.717) is 10.9 Å². The zero-order chi connectivity index (χ0) is 14.0. The second kappa shape index (κ2) is 5.41. The monoisotopic (exact) mass is 298 g/mol. The lowest BCUT2D eigenvalue weighted by Crippen LogP contribution is -2.19. The van der Waals surface area contributed by atoms with E-state index in [0.717, 1.165) is 4.88 Å². The van der Waals surface area contributed by atoms with Crippen molar-refractivity contribution in [3.05, 3.63) is 43.6 Å². The molecule has 19 heavy (non-hydrogen) atoms. The number of nitrogen functional groups attached to an aromatic ring is 1. The first-order chi connectivity index (χ1) is 8.97. The van der Waals surface area contributed by atoms with Crippen molar-refractivity contribution in [1.82, 2.24) is 4.98 Å². The number of hydrogen-bond acceptors (Lipinski definition) is 6. The van der Waals surface area contributed by atoms with Gasteiger partial charge in [0.2, 0.25) is 5.82 Å². The molecular weight excluding hydrogens is 288 g/mol. The van der Waals surface area contributed by atoms with Crippen LogP contribution in [0.2, 0.25) is 4.34 Å². The van der Waals surface area contributed by atoms with Gasteiger partial charge in [-0.1, -0.05) is 11.6 Å². The third-order valence-electron chi connectivity index (χ3n) is 2.46. The summed E-state index contributed by atoms with van der Waals surface area (Å²) >= 11 is 7.28. The van der Waals surface area contributed by atoms with Crippen LogP contribution in [-0.4, -0.2) is 17.0 Å². The molecule has 0 unspecified atom stereocenters. The van der Waals surface area contributed by atoms with Crippen LogP contribution in [0.1, 0.15) is 4.88 Å². The van der Waals surface area contributed by atoms with Gasteiger partial charge in [-0.15, -0.1) is 11.3 Å². The number of nitrogens with two attached hydrogens (primary N) is 1. The molecule has 0 atom stereocenters. The van der Waals surface area contributed by atoms with Crippen molar-refractivity contribution in [1.29, 1.82) is 0 Å². The van der Waals surface area contributed by atoms with Gasteiger partial charge in [0.15, 0.2) is 0 Å². The molecular formula is C11H11ClN4O2S. The van der Waals surface area contributed by atoms with Gasteiger partial charge in [0.25, 0.3) is 0 Å². The van der Waals surface area contributed by atoms with Gasteiger partial charge in [-0.3, -0.25) is 10.1 Å². The van der Waals surface area contributed by atoms with E-state index in [1.54, 1.807) is 18.0 Å². The Balaban J connectivity index is 2.29. The highest BCUT2D eigenvalue weighted by Gasteiger charge is 2.19. The third-order valence-corrected chi connectivity index (χ3v) is 3.67. The van der Waals surface area contributed by atoms with E-state index in [1.807, 2.05) is 6.07 Å². The summed E-state index contributed by atoms with van der Waals surface area (Å²) in [6.07, 6.45) is 0. The smallest absolute Gasteiger partial charge is 0.311 e. The van der Waals surface area contributed by atoms with Crippen LogP contribution in [-0.2, 0) is 6.54 Å². The predicted molar refractivity (Wildman–Crippen MR) is 76.7 cm³/mol. The topological polar surface area (TPSA) is 85.3 Å². The summed E-state index contributed by atoms with van der Waals surface area (Å²) in [6.45, 7) is 0.481. The number of nitrogens with zero attached hydrogens (tertiary/aromatic N) is 3. The SMILES string of the molecule is CN(Cc1ccc(Cl)s1)c1nc(N)ccc1[N+](=O)[O-]. The molecule has 2 aromatic heterocycles. The summed E-state index contributed by atoms with van der Waals surface area (Å²) < 4.78 is 0.679. The van der Waals surface area contributed by atoms with Crippen molar-refractivity contribution in [3.8, 4) is 0 Å². The Kier molecular flexibility index (Phi) is 3.87. The number of hydrogen-bond donors (Lipinski definition) is 1. The Morgan fingerprint density at radius 3 is 2.79 bits per heavy atom. The van der Waals surface area contributed by atoms with Gasteiger partial charge in [-0.25, -0.2) is 4.98 Å². The molecule has 0 saturated heterocycles. The molecule has 0 aliphatic carbocycles. The van der Waals surface area contributed by atoms with Crippen molar-refractivity contribution in [2.24, 2.45) is 0 Å². The van der Waals surface area contributed by atoms with E-state index in [2.05, 4.69) is 4.98 Å². The van der Waals surface area contributed by atoms with Gasteiger partial charge in [0, 0.05) is 18.0 Å². The Morgan fingerprint density at radius 1 is 1.47 bits per heavy atom. The van der Waals surface area contributed by atoms with Crippen LogP contribution < -0.4 is 10.6 Å². The van der Waals surface area contributed by atoms with Crippen molar-refractivity contribution in [2.75, 3.05) is 17.7 Å². The Labute approximate surface area is 118 Å². The number of anilines is 2. The average Bonchev–Trinajstić information content (AvgIpc) is 2.74. The normalized spacial score (nSPS) is 10.4. The molecule has 0 saturated carbocycles. The van der Waals surface area contributed by atoms with Gasteiger partial charge in [0.1, 0.15) is 5.82 Å². The van der Waals surface area contributed by atoms with Gasteiger partial charge in [-0.2, -0.15) is 0 Å². The van der Waals surface area contributed by atoms with Crippen LogP contribution in [0.25, 0.3) is 0 Å². The fourth-order valence-electron chi connectivity index (χ4n) is 1.62. The molecule has 6 nitrogen and oxygen atoms in total. The van der Waals surface area contributed by atoms with E-state index in [1.165, 1.54) is 23.5 Å². The molecule has 2 aromatic rings. The Hall–Kier alpha value is -1.86. The molecule has 0 aliphatic heterocycles. The zero-order valence-electron chi connectivity index (χ0n) is 10.0. The molecule has 2 rings (SSSR count). The van der Waals surface area contributed by atoms with E-state index in [4.69, 9.17) is 17.3 Å². The van der Waals surface area contributed by atoms with Gasteiger partial charge < -0.3 is 10.6 Å². The molecule has 0 bridgehead atoms. The lowest BCUT2D eigenvalue weighted by atomic mass is 10.3. The average molecular weight is 299 g/mol. The summed E-state index contributed by atoms with van der Waals surface area (Å²) in [4.78, 5) is 17.2. The zero-order valence-corrected chi connectivity index (χ0v) is 11.6. The number of aromatic nitrogens is 1. The highest BCUT2D eigenvalue weighted by Crippen LogP contribution is 2.29. The molecule has 2 N–H and O–H groups in total. The van der Waals surface area contributed by atoms with Crippen LogP contribution in [0.5, 0.6) is 0 Å². The van der Waals surface area contributed by atoms with Crippen molar-refractivity contribution in [2.45, 2.75) is 6.54 Å². The first kappa shape index (κ1) is 13.6. The van der Waals surface area contributed by atoms with Gasteiger partial charge >= 0.3 is 5.69 Å². The lowest BCUT2D eigenvalue weighted by molar-refractivity contribution is -0.384. The quantitative estimate of drug-likeness (QED) is 0.693. The number of rotatable bonds is 4. The summed E-state index contributed by atoms with van der Waals surface area (Å²) in [5.41, 5.74) is 5.51. The Bertz CT molecular complexity index is 616. The molecule has 100 valence electrons. The summed E-state index contributed by atoms with van der Waals surface area (Å²) in [6, 6.07) is 6.44. The van der Waals surface area contributed by atoms with Gasteiger partial charge in [-0.05, 0) is 18.2 Å². The van der Waals surface area contributed by atoms with E-state index >= 15 is 0 Å². The highest BCUT2D eigenvalue weighted by atomic mass is 35.5. The molecule has 0 amide bonds. The first-order valence-corrected chi connectivity index (χ1v) is 6.53. The minimum absolute atomic E-state index is 0.0700. The highest BCUT2D eigenvalue weighted by molar-refractivity contribution is 7.16. The van der Waals surface area contributed by atoms with Crippen LogP contribution in [0.3, 0.4) is 0 Å². The van der Waals surface area contributed by atoms with Gasteiger partial charge in [0.05, 0.1) is 15.8 Å². The van der Waals surface area contributed by atoms with Crippen molar-refractivity contribution < 1.29 is 4.92 Å². The fraction of sp³-hybridized carbons (Fsp3) is 0.182. The molecule has 0 spiro atoms. The van der Waals surface area contributed by atoms with Crippen molar-refractivity contribution in [3.63, 3.8) is 0 Å². The van der Waals surface area contributed by atoms with Crippen LogP contribution in [0, 0.1) is 10.1 Å². The Morgan fingerprint density at radius 2 is 2.21 bits per heavy atom. The van der Waals surface area contributed by atoms with E-state index in [-0.39, 0.29) is 17.3 Å². The van der Waals surface area contributed by atoms with Crippen LogP contribution >= 0.6 is 22.9 Å². The minimum atomic E-state index is -0.473. The lowest BCUT2D eigenvalue weighted by Gasteiger charge is -2.17. The maximum atomic E-state index is 11.0. The minimum Gasteiger partial charge on any atom is -0.384 e. The number of thiophene rings is 1. The predicted octanol–water partition coefficient (Wildman–Crippen LogP) is 2.92. The summed E-state index contributed by atoms with van der Waals surface area (Å²) in [5, 5.41) is 11.0. The summed E-state index contributed by atoms with van der Waals surface area (Å²) in [7, 11) is 1.72. The number of nitro groups is 1. The standard InChI is InChI=1S/C11H11ClN4O2S/c1-15(6-7-2-4-9(12)19-7)11-8(16(17)18)3-5-10(13)14-11/h2-5H,6H2,1H3,(H2,13,14). The maximum absolute atomic E-state index is 11.0. The second-order valence-electron chi connectivity index (χ2n) is 3.90.